The van der Waals surface area contributed by atoms with E-state index in [-0.39, 0.29) is 0 Å². The largest absolute Gasteiger partial charge is 0.368 e. The van der Waals surface area contributed by atoms with E-state index in [1.54, 1.807) is 0 Å². The minimum Gasteiger partial charge on any atom is -0.368 e. The Labute approximate surface area is 145 Å². The van der Waals surface area contributed by atoms with E-state index in [1.807, 2.05) is 4.90 Å². The first kappa shape index (κ1) is 17.2. The second-order valence-corrected chi connectivity index (χ2v) is 7.17. The van der Waals surface area contributed by atoms with Gasteiger partial charge in [-0.1, -0.05) is 12.1 Å². The maximum atomic E-state index is 12.6. The van der Waals surface area contributed by atoms with Gasteiger partial charge in [-0.05, 0) is 38.1 Å². The minimum atomic E-state index is 0.292. The van der Waals surface area contributed by atoms with Crippen molar-refractivity contribution in [3.8, 4) is 0 Å². The standard InChI is InChI=1S/C19H30N4O/c1-16-5-4-6-18(17(16)2)22-11-13-23(14-12-22)19(24)15-21-9-7-20(3)8-10-21/h4-6H,7-15H2,1-3H3. The molecule has 0 radical (unpaired) electrons. The number of aryl methyl sites for hydroxylation is 1. The molecule has 5 heteroatoms. The average molecular weight is 330 g/mol. The van der Waals surface area contributed by atoms with Crippen LogP contribution in [0.1, 0.15) is 11.1 Å². The molecule has 1 aromatic carbocycles. The molecule has 0 bridgehead atoms. The molecule has 0 saturated carbocycles. The van der Waals surface area contributed by atoms with Crippen molar-refractivity contribution in [1.29, 1.82) is 0 Å². The second kappa shape index (κ2) is 7.53. The topological polar surface area (TPSA) is 30.0 Å². The van der Waals surface area contributed by atoms with Crippen LogP contribution in [-0.4, -0.2) is 86.6 Å². The number of carbonyl (C=O) groups is 1. The number of piperazine rings is 2. The van der Waals surface area contributed by atoms with Crippen molar-refractivity contribution in [2.24, 2.45) is 0 Å². The molecule has 1 aromatic rings. The van der Waals surface area contributed by atoms with Gasteiger partial charge >= 0.3 is 0 Å². The van der Waals surface area contributed by atoms with Gasteiger partial charge in [-0.2, -0.15) is 0 Å². The van der Waals surface area contributed by atoms with Gasteiger partial charge in [-0.15, -0.1) is 0 Å². The fourth-order valence-corrected chi connectivity index (χ4v) is 3.57. The molecule has 2 aliphatic heterocycles. The zero-order chi connectivity index (χ0) is 17.1. The van der Waals surface area contributed by atoms with Crippen LogP contribution in [0.5, 0.6) is 0 Å². The normalized spacial score (nSPS) is 20.5. The Morgan fingerprint density at radius 3 is 2.29 bits per heavy atom. The lowest BCUT2D eigenvalue weighted by molar-refractivity contribution is -0.133. The maximum absolute atomic E-state index is 12.6. The molecular weight excluding hydrogens is 300 g/mol. The first-order chi connectivity index (χ1) is 11.5. The Hall–Kier alpha value is -1.59. The van der Waals surface area contributed by atoms with Gasteiger partial charge in [0.05, 0.1) is 6.54 Å². The molecular formula is C19H30N4O. The van der Waals surface area contributed by atoms with Crippen molar-refractivity contribution in [3.63, 3.8) is 0 Å². The highest BCUT2D eigenvalue weighted by Crippen LogP contribution is 2.23. The summed E-state index contributed by atoms with van der Waals surface area (Å²) in [6.07, 6.45) is 0. The van der Waals surface area contributed by atoms with Crippen molar-refractivity contribution >= 4 is 11.6 Å². The molecule has 2 saturated heterocycles. The Morgan fingerprint density at radius 1 is 0.958 bits per heavy atom. The van der Waals surface area contributed by atoms with Crippen LogP contribution in [-0.2, 0) is 4.79 Å². The number of nitrogens with zero attached hydrogens (tertiary/aromatic N) is 4. The molecule has 2 fully saturated rings. The van der Waals surface area contributed by atoms with Crippen molar-refractivity contribution in [2.45, 2.75) is 13.8 Å². The van der Waals surface area contributed by atoms with Crippen LogP contribution in [0, 0.1) is 13.8 Å². The summed E-state index contributed by atoms with van der Waals surface area (Å²) in [4.78, 5) is 21.6. The average Bonchev–Trinajstić information content (AvgIpc) is 2.59. The van der Waals surface area contributed by atoms with Gasteiger partial charge in [0, 0.05) is 58.0 Å². The van der Waals surface area contributed by atoms with E-state index in [4.69, 9.17) is 0 Å². The molecule has 0 unspecified atom stereocenters. The summed E-state index contributed by atoms with van der Waals surface area (Å²) in [6, 6.07) is 6.49. The van der Waals surface area contributed by atoms with Crippen LogP contribution >= 0.6 is 0 Å². The predicted molar refractivity (Wildman–Crippen MR) is 98.6 cm³/mol. The third-order valence-electron chi connectivity index (χ3n) is 5.50. The molecule has 2 heterocycles. The molecule has 0 N–H and O–H groups in total. The third-order valence-corrected chi connectivity index (χ3v) is 5.50. The van der Waals surface area contributed by atoms with Crippen LogP contribution < -0.4 is 4.90 Å². The molecule has 3 rings (SSSR count). The molecule has 2 aliphatic rings. The lowest BCUT2D eigenvalue weighted by atomic mass is 10.1. The number of carbonyl (C=O) groups excluding carboxylic acids is 1. The molecule has 0 spiro atoms. The highest BCUT2D eigenvalue weighted by atomic mass is 16.2. The van der Waals surface area contributed by atoms with Crippen molar-refractivity contribution < 1.29 is 4.79 Å². The first-order valence-corrected chi connectivity index (χ1v) is 9.04. The van der Waals surface area contributed by atoms with Crippen LogP contribution in [0.3, 0.4) is 0 Å². The lowest BCUT2D eigenvalue weighted by Crippen LogP contribution is -2.53. The van der Waals surface area contributed by atoms with Crippen LogP contribution in [0.4, 0.5) is 5.69 Å². The summed E-state index contributed by atoms with van der Waals surface area (Å²) in [5, 5.41) is 0. The zero-order valence-electron chi connectivity index (χ0n) is 15.3. The molecule has 0 atom stereocenters. The molecule has 0 aromatic heterocycles. The highest BCUT2D eigenvalue weighted by Gasteiger charge is 2.24. The van der Waals surface area contributed by atoms with E-state index < -0.39 is 0 Å². The van der Waals surface area contributed by atoms with Gasteiger partial charge in [0.15, 0.2) is 0 Å². The van der Waals surface area contributed by atoms with Gasteiger partial charge in [-0.25, -0.2) is 0 Å². The highest BCUT2D eigenvalue weighted by molar-refractivity contribution is 5.78. The lowest BCUT2D eigenvalue weighted by Gasteiger charge is -2.38. The van der Waals surface area contributed by atoms with Crippen LogP contribution in [0.25, 0.3) is 0 Å². The molecule has 1 amide bonds. The van der Waals surface area contributed by atoms with Crippen molar-refractivity contribution in [1.82, 2.24) is 14.7 Å². The number of hydrogen-bond acceptors (Lipinski definition) is 4. The van der Waals surface area contributed by atoms with E-state index in [0.29, 0.717) is 12.5 Å². The minimum absolute atomic E-state index is 0.292. The number of hydrogen-bond donors (Lipinski definition) is 0. The van der Waals surface area contributed by atoms with Gasteiger partial charge in [0.25, 0.3) is 0 Å². The first-order valence-electron chi connectivity index (χ1n) is 9.04. The summed E-state index contributed by atoms with van der Waals surface area (Å²) in [7, 11) is 2.14. The van der Waals surface area contributed by atoms with Crippen LogP contribution in [0.2, 0.25) is 0 Å². The Morgan fingerprint density at radius 2 is 1.62 bits per heavy atom. The Kier molecular flexibility index (Phi) is 5.41. The van der Waals surface area contributed by atoms with Crippen molar-refractivity contribution in [3.05, 3.63) is 29.3 Å². The third kappa shape index (κ3) is 3.90. The van der Waals surface area contributed by atoms with E-state index in [0.717, 1.165) is 52.4 Å². The summed E-state index contributed by atoms with van der Waals surface area (Å²) in [6.45, 7) is 12.6. The maximum Gasteiger partial charge on any atom is 0.236 e. The van der Waals surface area contributed by atoms with Crippen LogP contribution in [0.15, 0.2) is 18.2 Å². The van der Waals surface area contributed by atoms with E-state index in [1.165, 1.54) is 16.8 Å². The van der Waals surface area contributed by atoms with Crippen molar-refractivity contribution in [2.75, 3.05) is 70.9 Å². The smallest absolute Gasteiger partial charge is 0.236 e. The van der Waals surface area contributed by atoms with E-state index in [9.17, 15) is 4.79 Å². The predicted octanol–water partition coefficient (Wildman–Crippen LogP) is 1.20. The summed E-state index contributed by atoms with van der Waals surface area (Å²) in [5.41, 5.74) is 4.01. The number of likely N-dealkylation sites (N-methyl/N-ethyl adjacent to an activating group) is 1. The number of rotatable bonds is 3. The summed E-state index contributed by atoms with van der Waals surface area (Å²) >= 11 is 0. The molecule has 132 valence electrons. The second-order valence-electron chi connectivity index (χ2n) is 7.17. The zero-order valence-corrected chi connectivity index (χ0v) is 15.3. The fourth-order valence-electron chi connectivity index (χ4n) is 3.57. The molecule has 24 heavy (non-hydrogen) atoms. The van der Waals surface area contributed by atoms with E-state index >= 15 is 0 Å². The molecule has 5 nitrogen and oxygen atoms in total. The summed E-state index contributed by atoms with van der Waals surface area (Å²) in [5.74, 6) is 0.292. The molecule has 0 aliphatic carbocycles. The van der Waals surface area contributed by atoms with Gasteiger partial charge in [0.1, 0.15) is 0 Å². The van der Waals surface area contributed by atoms with Gasteiger partial charge in [0.2, 0.25) is 5.91 Å². The van der Waals surface area contributed by atoms with E-state index in [2.05, 4.69) is 53.8 Å². The number of amides is 1. The Bertz CT molecular complexity index is 573. The Balaban J connectivity index is 1.51. The quantitative estimate of drug-likeness (QED) is 0.833. The number of anilines is 1. The monoisotopic (exact) mass is 330 g/mol. The van der Waals surface area contributed by atoms with Gasteiger partial charge < -0.3 is 14.7 Å². The summed E-state index contributed by atoms with van der Waals surface area (Å²) < 4.78 is 0. The SMILES string of the molecule is Cc1cccc(N2CCN(C(=O)CN3CCN(C)CC3)CC2)c1C. The number of benzene rings is 1. The fraction of sp³-hybridized carbons (Fsp3) is 0.632. The van der Waals surface area contributed by atoms with Gasteiger partial charge in [-0.3, -0.25) is 9.69 Å².